The van der Waals surface area contributed by atoms with Gasteiger partial charge in [0.1, 0.15) is 5.82 Å². The van der Waals surface area contributed by atoms with E-state index in [9.17, 15) is 0 Å². The van der Waals surface area contributed by atoms with E-state index in [1.165, 1.54) is 49.9 Å². The minimum Gasteiger partial charge on any atom is -0.368 e. The lowest BCUT2D eigenvalue weighted by molar-refractivity contribution is 0.141. The van der Waals surface area contributed by atoms with Gasteiger partial charge in [-0.15, -0.1) is 5.10 Å². The molecule has 2 aromatic heterocycles. The molecule has 2 aromatic rings. The molecule has 0 aromatic carbocycles. The summed E-state index contributed by atoms with van der Waals surface area (Å²) in [5.74, 6) is 1.45. The van der Waals surface area contributed by atoms with Gasteiger partial charge < -0.3 is 21.3 Å². The second-order valence-electron chi connectivity index (χ2n) is 6.93. The zero-order valence-electron chi connectivity index (χ0n) is 14.5. The fourth-order valence-corrected chi connectivity index (χ4v) is 3.96. The normalized spacial score (nSPS) is 20.1. The first-order valence-corrected chi connectivity index (χ1v) is 9.14. The Kier molecular flexibility index (Phi) is 4.44. The second-order valence-corrected chi connectivity index (χ2v) is 6.93. The van der Waals surface area contributed by atoms with Gasteiger partial charge in [-0.2, -0.15) is 9.67 Å². The van der Waals surface area contributed by atoms with E-state index in [2.05, 4.69) is 24.9 Å². The molecule has 4 heterocycles. The van der Waals surface area contributed by atoms with Crippen molar-refractivity contribution in [3.8, 4) is 5.69 Å². The van der Waals surface area contributed by atoms with Gasteiger partial charge in [0.15, 0.2) is 0 Å². The second kappa shape index (κ2) is 6.87. The summed E-state index contributed by atoms with van der Waals surface area (Å²) >= 11 is 0. The maximum Gasteiger partial charge on any atom is 0.241 e. The molecule has 0 radical (unpaired) electrons. The molecule has 0 spiro atoms. The molecule has 0 aliphatic carbocycles. The summed E-state index contributed by atoms with van der Waals surface area (Å²) in [6, 6.07) is 4.73. The highest BCUT2D eigenvalue weighted by molar-refractivity contribution is 5.46. The number of nitrogens with two attached hydrogens (primary N) is 2. The van der Waals surface area contributed by atoms with Gasteiger partial charge in [-0.3, -0.25) is 0 Å². The Bertz CT molecular complexity index is 696. The summed E-state index contributed by atoms with van der Waals surface area (Å²) in [6.07, 6.45) is 8.33. The van der Waals surface area contributed by atoms with E-state index in [1.807, 2.05) is 12.1 Å². The molecule has 4 N–H and O–H groups in total. The molecule has 2 saturated heterocycles. The third-order valence-electron chi connectivity index (χ3n) is 5.32. The number of piperidine rings is 2. The predicted octanol–water partition coefficient (Wildman–Crippen LogP) is 1.28. The summed E-state index contributed by atoms with van der Waals surface area (Å²) in [4.78, 5) is 13.6. The van der Waals surface area contributed by atoms with Gasteiger partial charge >= 0.3 is 0 Å². The third kappa shape index (κ3) is 3.39. The molecule has 0 atom stereocenters. The summed E-state index contributed by atoms with van der Waals surface area (Å²) in [7, 11) is 0. The molecule has 2 aliphatic heterocycles. The van der Waals surface area contributed by atoms with Crippen LogP contribution >= 0.6 is 0 Å². The van der Waals surface area contributed by atoms with Crippen molar-refractivity contribution in [3.63, 3.8) is 0 Å². The summed E-state index contributed by atoms with van der Waals surface area (Å²) in [5, 5.41) is 4.08. The van der Waals surface area contributed by atoms with Crippen LogP contribution < -0.4 is 16.4 Å². The highest BCUT2D eigenvalue weighted by atomic mass is 15.4. The number of rotatable bonds is 3. The van der Waals surface area contributed by atoms with E-state index in [4.69, 9.17) is 11.5 Å². The molecular formula is C17H26N8. The van der Waals surface area contributed by atoms with Crippen molar-refractivity contribution < 1.29 is 0 Å². The summed E-state index contributed by atoms with van der Waals surface area (Å²) < 4.78 is 1.51. The zero-order chi connectivity index (χ0) is 17.2. The molecule has 2 aliphatic rings. The van der Waals surface area contributed by atoms with Crippen molar-refractivity contribution >= 4 is 17.7 Å². The topological polar surface area (TPSA) is 102 Å². The Labute approximate surface area is 147 Å². The van der Waals surface area contributed by atoms with Crippen LogP contribution in [0, 0.1) is 0 Å². The standard InChI is InChI=1S/C17H26N8/c18-16-21-17(19)25(22-16)14-4-5-15(20-12-14)24-10-6-13(7-11-24)23-8-2-1-3-9-23/h4-5,12-13H,1-3,6-11H2,(H4,18,19,21,22). The molecule has 2 fully saturated rings. The molecule has 8 nitrogen and oxygen atoms in total. The highest BCUT2D eigenvalue weighted by Gasteiger charge is 2.26. The number of hydrogen-bond acceptors (Lipinski definition) is 7. The van der Waals surface area contributed by atoms with Gasteiger partial charge in [-0.25, -0.2) is 4.98 Å². The lowest BCUT2D eigenvalue weighted by Crippen LogP contribution is -2.46. The quantitative estimate of drug-likeness (QED) is 0.866. The molecule has 8 heteroatoms. The first-order chi connectivity index (χ1) is 12.2. The van der Waals surface area contributed by atoms with Crippen LogP contribution in [0.15, 0.2) is 18.3 Å². The van der Waals surface area contributed by atoms with Crippen LogP contribution in [0.4, 0.5) is 17.7 Å². The van der Waals surface area contributed by atoms with Crippen molar-refractivity contribution in [2.24, 2.45) is 0 Å². The lowest BCUT2D eigenvalue weighted by Gasteiger charge is -2.40. The Morgan fingerprint density at radius 2 is 1.72 bits per heavy atom. The Morgan fingerprint density at radius 1 is 0.960 bits per heavy atom. The van der Waals surface area contributed by atoms with Gasteiger partial charge in [0, 0.05) is 19.1 Å². The number of pyridine rings is 1. The van der Waals surface area contributed by atoms with Crippen LogP contribution in [0.3, 0.4) is 0 Å². The fraction of sp³-hybridized carbons (Fsp3) is 0.588. The van der Waals surface area contributed by atoms with E-state index < -0.39 is 0 Å². The van der Waals surface area contributed by atoms with Crippen molar-refractivity contribution in [1.82, 2.24) is 24.6 Å². The maximum atomic E-state index is 5.81. The monoisotopic (exact) mass is 342 g/mol. The highest BCUT2D eigenvalue weighted by Crippen LogP contribution is 2.24. The SMILES string of the molecule is Nc1nc(N)n(-c2ccc(N3CCC(N4CCCCC4)CC3)nc2)n1. The van der Waals surface area contributed by atoms with Gasteiger partial charge in [-0.05, 0) is 50.9 Å². The minimum absolute atomic E-state index is 0.168. The molecule has 0 saturated carbocycles. The van der Waals surface area contributed by atoms with Crippen molar-refractivity contribution in [1.29, 1.82) is 0 Å². The molecule has 134 valence electrons. The van der Waals surface area contributed by atoms with Crippen LogP contribution in [0.1, 0.15) is 32.1 Å². The van der Waals surface area contributed by atoms with E-state index in [1.54, 1.807) is 6.20 Å². The Balaban J connectivity index is 1.39. The summed E-state index contributed by atoms with van der Waals surface area (Å²) in [6.45, 7) is 4.68. The van der Waals surface area contributed by atoms with E-state index in [0.717, 1.165) is 30.6 Å². The van der Waals surface area contributed by atoms with Gasteiger partial charge in [0.05, 0.1) is 11.9 Å². The first kappa shape index (κ1) is 16.1. The third-order valence-corrected chi connectivity index (χ3v) is 5.32. The van der Waals surface area contributed by atoms with Crippen LogP contribution in [-0.4, -0.2) is 56.9 Å². The fourth-order valence-electron chi connectivity index (χ4n) is 3.96. The molecule has 0 bridgehead atoms. The Morgan fingerprint density at radius 3 is 2.32 bits per heavy atom. The molecule has 0 amide bonds. The number of aromatic nitrogens is 4. The van der Waals surface area contributed by atoms with Crippen LogP contribution in [-0.2, 0) is 0 Å². The smallest absolute Gasteiger partial charge is 0.241 e. The average Bonchev–Trinajstić information content (AvgIpc) is 3.01. The lowest BCUT2D eigenvalue weighted by atomic mass is 10.00. The Hall–Kier alpha value is -2.35. The van der Waals surface area contributed by atoms with Crippen molar-refractivity contribution in [3.05, 3.63) is 18.3 Å². The van der Waals surface area contributed by atoms with Gasteiger partial charge in [0.2, 0.25) is 11.9 Å². The van der Waals surface area contributed by atoms with Crippen LogP contribution in [0.5, 0.6) is 0 Å². The predicted molar refractivity (Wildman–Crippen MR) is 98.6 cm³/mol. The van der Waals surface area contributed by atoms with Crippen molar-refractivity contribution in [2.75, 3.05) is 42.5 Å². The minimum atomic E-state index is 0.168. The van der Waals surface area contributed by atoms with Crippen molar-refractivity contribution in [2.45, 2.75) is 38.1 Å². The van der Waals surface area contributed by atoms with Crippen LogP contribution in [0.2, 0.25) is 0 Å². The van der Waals surface area contributed by atoms with E-state index >= 15 is 0 Å². The van der Waals surface area contributed by atoms with Crippen LogP contribution in [0.25, 0.3) is 5.69 Å². The molecule has 4 rings (SSSR count). The number of nitrogens with zero attached hydrogens (tertiary/aromatic N) is 6. The largest absolute Gasteiger partial charge is 0.368 e. The number of likely N-dealkylation sites (tertiary alicyclic amines) is 1. The number of nitrogen functional groups attached to an aromatic ring is 2. The van der Waals surface area contributed by atoms with E-state index in [-0.39, 0.29) is 11.9 Å². The summed E-state index contributed by atoms with van der Waals surface area (Å²) in [5.41, 5.74) is 12.2. The average molecular weight is 342 g/mol. The first-order valence-electron chi connectivity index (χ1n) is 9.14. The van der Waals surface area contributed by atoms with E-state index in [0.29, 0.717) is 0 Å². The van der Waals surface area contributed by atoms with Gasteiger partial charge in [-0.1, -0.05) is 6.42 Å². The molecule has 25 heavy (non-hydrogen) atoms. The molecule has 0 unspecified atom stereocenters. The maximum absolute atomic E-state index is 5.81. The molecular weight excluding hydrogens is 316 g/mol. The number of hydrogen-bond donors (Lipinski definition) is 2. The van der Waals surface area contributed by atoms with Gasteiger partial charge in [0.25, 0.3) is 0 Å². The zero-order valence-corrected chi connectivity index (χ0v) is 14.5. The number of anilines is 3.